The van der Waals surface area contributed by atoms with Crippen molar-refractivity contribution in [1.82, 2.24) is 25.3 Å². The first-order chi connectivity index (χ1) is 17.9. The highest BCUT2D eigenvalue weighted by Gasteiger charge is 2.30. The fraction of sp³-hybridized carbons (Fsp3) is 0.607. The minimum Gasteiger partial charge on any atom is -0.351 e. The second kappa shape index (κ2) is 12.7. The number of nitrogens with two attached hydrogens (primary N) is 1. The first-order valence-corrected chi connectivity index (χ1v) is 14.5. The summed E-state index contributed by atoms with van der Waals surface area (Å²) < 4.78 is 2.91. The molecule has 0 bridgehead atoms. The molecule has 2 heterocycles. The van der Waals surface area contributed by atoms with Crippen LogP contribution in [0.3, 0.4) is 0 Å². The van der Waals surface area contributed by atoms with Crippen LogP contribution in [0.1, 0.15) is 87.9 Å². The summed E-state index contributed by atoms with van der Waals surface area (Å²) in [6.45, 7) is 7.10. The van der Waals surface area contributed by atoms with Crippen LogP contribution in [0, 0.1) is 11.8 Å². The Bertz CT molecular complexity index is 1200. The lowest BCUT2D eigenvalue weighted by atomic mass is 9.83. The number of carbonyl (C=O) groups excluding carboxylic acids is 2. The summed E-state index contributed by atoms with van der Waals surface area (Å²) in [6.07, 6.45) is 8.71. The minimum atomic E-state index is -0.445. The van der Waals surface area contributed by atoms with Crippen molar-refractivity contribution in [1.29, 1.82) is 0 Å². The molecule has 3 aromatic rings. The highest BCUT2D eigenvalue weighted by atomic mass is 32.1. The van der Waals surface area contributed by atoms with Crippen molar-refractivity contribution in [3.63, 3.8) is 0 Å². The van der Waals surface area contributed by atoms with Gasteiger partial charge in [-0.3, -0.25) is 14.3 Å². The summed E-state index contributed by atoms with van der Waals surface area (Å²) in [5, 5.41) is 12.6. The van der Waals surface area contributed by atoms with Crippen molar-refractivity contribution in [2.75, 3.05) is 0 Å². The molecule has 4 rings (SSSR count). The van der Waals surface area contributed by atoms with Crippen molar-refractivity contribution in [3.8, 4) is 0 Å². The van der Waals surface area contributed by atoms with E-state index in [0.29, 0.717) is 37.8 Å². The van der Waals surface area contributed by atoms with Gasteiger partial charge in [-0.15, -0.1) is 16.4 Å². The van der Waals surface area contributed by atoms with Gasteiger partial charge in [-0.2, -0.15) is 0 Å². The molecule has 0 spiro atoms. The lowest BCUT2D eigenvalue weighted by Gasteiger charge is -2.32. The Kier molecular flexibility index (Phi) is 9.43. The molecular weight excluding hydrogens is 484 g/mol. The third-order valence-electron chi connectivity index (χ3n) is 7.51. The number of ketones is 1. The number of hydrogen-bond acceptors (Lipinski definition) is 7. The van der Waals surface area contributed by atoms with Crippen molar-refractivity contribution in [2.45, 2.75) is 97.2 Å². The zero-order valence-electron chi connectivity index (χ0n) is 22.3. The minimum absolute atomic E-state index is 0.0664. The Labute approximate surface area is 223 Å². The van der Waals surface area contributed by atoms with Crippen LogP contribution in [0.4, 0.5) is 0 Å². The molecule has 1 aliphatic carbocycles. The molecule has 8 nitrogen and oxygen atoms in total. The fourth-order valence-corrected chi connectivity index (χ4v) is 6.29. The number of aromatic nitrogens is 4. The zero-order valence-corrected chi connectivity index (χ0v) is 23.1. The molecule has 3 N–H and O–H groups in total. The molecular formula is C28H40N6O2S. The van der Waals surface area contributed by atoms with Crippen molar-refractivity contribution in [3.05, 3.63) is 40.7 Å². The second-order valence-electron chi connectivity index (χ2n) is 10.6. The Morgan fingerprint density at radius 3 is 2.68 bits per heavy atom. The van der Waals surface area contributed by atoms with E-state index in [1.807, 2.05) is 13.1 Å². The van der Waals surface area contributed by atoms with Crippen LogP contribution < -0.4 is 11.1 Å². The summed E-state index contributed by atoms with van der Waals surface area (Å²) >= 11 is 1.63. The first kappa shape index (κ1) is 27.4. The van der Waals surface area contributed by atoms with Gasteiger partial charge >= 0.3 is 0 Å². The summed E-state index contributed by atoms with van der Waals surface area (Å²) in [7, 11) is 0. The number of thiazole rings is 1. The SMILES string of the molecule is CCC(=O)C[C@@H](Cc1nc2ccc(C(C)C)cc2s1)C(=O)N[C@H](Cn1cc(CN)nn1)C1CCCCC1. The van der Waals surface area contributed by atoms with Crippen molar-refractivity contribution < 1.29 is 9.59 Å². The van der Waals surface area contributed by atoms with Crippen LogP contribution in [-0.4, -0.2) is 37.7 Å². The average Bonchev–Trinajstić information content (AvgIpc) is 3.53. The number of Topliss-reactive ketones (excluding diaryl/α,β-unsaturated/α-hetero) is 1. The zero-order chi connectivity index (χ0) is 26.4. The maximum Gasteiger partial charge on any atom is 0.224 e. The topological polar surface area (TPSA) is 116 Å². The van der Waals surface area contributed by atoms with Gasteiger partial charge in [0.25, 0.3) is 0 Å². The highest BCUT2D eigenvalue weighted by molar-refractivity contribution is 7.18. The maximum absolute atomic E-state index is 13.7. The van der Waals surface area contributed by atoms with Crippen LogP contribution in [0.15, 0.2) is 24.4 Å². The van der Waals surface area contributed by atoms with E-state index >= 15 is 0 Å². The predicted octanol–water partition coefficient (Wildman–Crippen LogP) is 4.76. The lowest BCUT2D eigenvalue weighted by Crippen LogP contribution is -2.47. The molecule has 0 aliphatic heterocycles. The monoisotopic (exact) mass is 524 g/mol. The first-order valence-electron chi connectivity index (χ1n) is 13.7. The number of hydrogen-bond donors (Lipinski definition) is 2. The van der Waals surface area contributed by atoms with Gasteiger partial charge in [-0.1, -0.05) is 51.3 Å². The third kappa shape index (κ3) is 7.23. The molecule has 1 amide bonds. The van der Waals surface area contributed by atoms with Gasteiger partial charge < -0.3 is 11.1 Å². The van der Waals surface area contributed by atoms with E-state index in [9.17, 15) is 9.59 Å². The van der Waals surface area contributed by atoms with Gasteiger partial charge in [0.2, 0.25) is 5.91 Å². The van der Waals surface area contributed by atoms with E-state index in [-0.39, 0.29) is 24.2 Å². The third-order valence-corrected chi connectivity index (χ3v) is 8.55. The molecule has 2 atom stereocenters. The fourth-order valence-electron chi connectivity index (χ4n) is 5.20. The van der Waals surface area contributed by atoms with E-state index in [1.54, 1.807) is 16.0 Å². The Morgan fingerprint density at radius 2 is 2.00 bits per heavy atom. The highest BCUT2D eigenvalue weighted by Crippen LogP contribution is 2.30. The van der Waals surface area contributed by atoms with E-state index < -0.39 is 5.92 Å². The molecule has 1 aromatic carbocycles. The Morgan fingerprint density at radius 1 is 1.22 bits per heavy atom. The molecule has 1 aliphatic rings. The van der Waals surface area contributed by atoms with E-state index in [4.69, 9.17) is 10.7 Å². The normalized spacial score (nSPS) is 16.2. The lowest BCUT2D eigenvalue weighted by molar-refractivity contribution is -0.130. The molecule has 0 radical (unpaired) electrons. The smallest absolute Gasteiger partial charge is 0.224 e. The van der Waals surface area contributed by atoms with Crippen LogP contribution in [0.5, 0.6) is 0 Å². The molecule has 1 fully saturated rings. The van der Waals surface area contributed by atoms with Crippen molar-refractivity contribution in [2.24, 2.45) is 17.6 Å². The standard InChI is InChI=1S/C28H40N6O2S/c1-4-23(35)12-21(14-27-30-24-11-10-20(18(2)3)13-26(24)37-27)28(36)31-25(19-8-6-5-7-9-19)17-34-16-22(15-29)32-33-34/h10-11,13,16,18-19,21,25H,4-9,12,14-15,17,29H2,1-3H3,(H,31,36)/t21-,25+/m0/s1. The molecule has 9 heteroatoms. The quantitative estimate of drug-likeness (QED) is 0.353. The second-order valence-corrected chi connectivity index (χ2v) is 11.8. The number of nitrogens with zero attached hydrogens (tertiary/aromatic N) is 4. The van der Waals surface area contributed by atoms with Gasteiger partial charge in [0.1, 0.15) is 5.78 Å². The van der Waals surface area contributed by atoms with E-state index in [2.05, 4.69) is 47.7 Å². The van der Waals surface area contributed by atoms with Crippen LogP contribution in [0.2, 0.25) is 0 Å². The number of amides is 1. The molecule has 0 unspecified atom stereocenters. The van der Waals surface area contributed by atoms with Gasteiger partial charge in [-0.05, 0) is 42.4 Å². The van der Waals surface area contributed by atoms with Crippen LogP contribution in [-0.2, 0) is 29.1 Å². The number of carbonyl (C=O) groups is 2. The number of rotatable bonds is 12. The van der Waals surface area contributed by atoms with E-state index in [0.717, 1.165) is 33.8 Å². The number of fused-ring (bicyclic) bond motifs is 1. The Balaban J connectivity index is 1.53. The number of benzene rings is 1. The molecule has 2 aromatic heterocycles. The largest absolute Gasteiger partial charge is 0.351 e. The summed E-state index contributed by atoms with van der Waals surface area (Å²) in [5.74, 6) is 0.403. The molecule has 200 valence electrons. The van der Waals surface area contributed by atoms with Crippen molar-refractivity contribution >= 4 is 33.2 Å². The van der Waals surface area contributed by atoms with Gasteiger partial charge in [0.15, 0.2) is 0 Å². The summed E-state index contributed by atoms with van der Waals surface area (Å²) in [6, 6.07) is 6.31. The number of nitrogens with one attached hydrogen (secondary N) is 1. The summed E-state index contributed by atoms with van der Waals surface area (Å²) in [5.41, 5.74) is 8.68. The van der Waals surface area contributed by atoms with Gasteiger partial charge in [0.05, 0.1) is 39.4 Å². The van der Waals surface area contributed by atoms with Gasteiger partial charge in [-0.25, -0.2) is 4.98 Å². The predicted molar refractivity (Wildman–Crippen MR) is 147 cm³/mol. The van der Waals surface area contributed by atoms with E-state index in [1.165, 1.54) is 24.8 Å². The Hall–Kier alpha value is -2.65. The average molecular weight is 525 g/mol. The molecule has 1 saturated carbocycles. The van der Waals surface area contributed by atoms with Gasteiger partial charge in [0, 0.05) is 32.0 Å². The summed E-state index contributed by atoms with van der Waals surface area (Å²) in [4.78, 5) is 31.0. The molecule has 0 saturated heterocycles. The van der Waals surface area contributed by atoms with Crippen LogP contribution >= 0.6 is 11.3 Å². The maximum atomic E-state index is 13.7. The van der Waals surface area contributed by atoms with Crippen LogP contribution in [0.25, 0.3) is 10.2 Å². The molecule has 37 heavy (non-hydrogen) atoms.